The Morgan fingerprint density at radius 3 is 2.72 bits per heavy atom. The molecule has 0 spiro atoms. The molecule has 2 aliphatic rings. The lowest BCUT2D eigenvalue weighted by Gasteiger charge is -2.30. The van der Waals surface area contributed by atoms with Crippen molar-refractivity contribution in [1.82, 2.24) is 14.3 Å². The minimum Gasteiger partial charge on any atom is -0.378 e. The second kappa shape index (κ2) is 6.64. The molecule has 2 aromatic heterocycles. The third-order valence-corrected chi connectivity index (χ3v) is 7.82. The highest BCUT2D eigenvalue weighted by Crippen LogP contribution is 2.28. The zero-order chi connectivity index (χ0) is 17.4. The highest BCUT2D eigenvalue weighted by Gasteiger charge is 2.30. The molecule has 134 valence electrons. The number of thiophene rings is 1. The third-order valence-electron chi connectivity index (χ3n) is 4.50. The molecule has 9 heteroatoms. The van der Waals surface area contributed by atoms with Crippen molar-refractivity contribution in [3.63, 3.8) is 0 Å². The zero-order valence-electron chi connectivity index (χ0n) is 14.0. The number of ether oxygens (including phenoxy) is 1. The van der Waals surface area contributed by atoms with Gasteiger partial charge in [0, 0.05) is 30.7 Å². The second-order valence-corrected chi connectivity index (χ2v) is 9.65. The normalized spacial score (nSPS) is 19.0. The predicted octanol–water partition coefficient (Wildman–Crippen LogP) is 1.43. The summed E-state index contributed by atoms with van der Waals surface area (Å²) in [5.74, 6) is 0.660. The summed E-state index contributed by atoms with van der Waals surface area (Å²) in [7, 11) is -3.46. The van der Waals surface area contributed by atoms with Gasteiger partial charge in [-0.3, -0.25) is 0 Å². The number of anilines is 1. The Balaban J connectivity index is 1.59. The summed E-state index contributed by atoms with van der Waals surface area (Å²) in [6.45, 7) is 5.53. The average molecular weight is 380 g/mol. The number of nitrogens with zero attached hydrogens (tertiary/aromatic N) is 4. The van der Waals surface area contributed by atoms with E-state index in [1.54, 1.807) is 6.07 Å². The Bertz CT molecular complexity index is 875. The third kappa shape index (κ3) is 3.29. The summed E-state index contributed by atoms with van der Waals surface area (Å²) in [5.41, 5.74) is 1.84. The summed E-state index contributed by atoms with van der Waals surface area (Å²) in [4.78, 5) is 12.2. The van der Waals surface area contributed by atoms with Gasteiger partial charge in [-0.1, -0.05) is 0 Å². The maximum Gasteiger partial charge on any atom is 0.252 e. The monoisotopic (exact) mass is 380 g/mol. The van der Waals surface area contributed by atoms with Gasteiger partial charge in [0.2, 0.25) is 5.95 Å². The summed E-state index contributed by atoms with van der Waals surface area (Å²) in [5, 5.41) is 0. The van der Waals surface area contributed by atoms with Gasteiger partial charge in [0.25, 0.3) is 10.0 Å². The van der Waals surface area contributed by atoms with Crippen LogP contribution in [0.5, 0.6) is 0 Å². The van der Waals surface area contributed by atoms with Crippen molar-refractivity contribution in [3.8, 4) is 0 Å². The van der Waals surface area contributed by atoms with Crippen LogP contribution < -0.4 is 4.90 Å². The number of morpholine rings is 1. The molecule has 25 heavy (non-hydrogen) atoms. The molecule has 0 N–H and O–H groups in total. The van der Waals surface area contributed by atoms with Gasteiger partial charge in [0.15, 0.2) is 0 Å². The van der Waals surface area contributed by atoms with Gasteiger partial charge in [0.1, 0.15) is 4.21 Å². The fraction of sp³-hybridized carbons (Fsp3) is 0.500. The Kier molecular flexibility index (Phi) is 4.48. The number of sulfonamides is 1. The Morgan fingerprint density at radius 2 is 2.00 bits per heavy atom. The van der Waals surface area contributed by atoms with Gasteiger partial charge in [0.05, 0.1) is 25.5 Å². The lowest BCUT2D eigenvalue weighted by molar-refractivity contribution is 0.122. The highest BCUT2D eigenvalue weighted by molar-refractivity contribution is 7.91. The van der Waals surface area contributed by atoms with Crippen molar-refractivity contribution < 1.29 is 13.2 Å². The summed E-state index contributed by atoms with van der Waals surface area (Å²) in [6, 6.07) is 3.53. The van der Waals surface area contributed by atoms with E-state index >= 15 is 0 Å². The number of hydrogen-bond donors (Lipinski definition) is 0. The van der Waals surface area contributed by atoms with Crippen LogP contribution >= 0.6 is 11.3 Å². The van der Waals surface area contributed by atoms with Crippen LogP contribution in [0.25, 0.3) is 0 Å². The van der Waals surface area contributed by atoms with E-state index in [-0.39, 0.29) is 0 Å². The SMILES string of the molecule is Cc1ccc(S(=O)(=O)N2CCc3cnc(N4CCOCC4)nc3C2)s1. The van der Waals surface area contributed by atoms with E-state index in [9.17, 15) is 8.42 Å². The molecular formula is C16H20N4O3S2. The topological polar surface area (TPSA) is 75.6 Å². The van der Waals surface area contributed by atoms with Crippen LogP contribution in [0.15, 0.2) is 22.5 Å². The van der Waals surface area contributed by atoms with Gasteiger partial charge in [-0.05, 0) is 31.0 Å². The summed E-state index contributed by atoms with van der Waals surface area (Å²) in [6.07, 6.45) is 2.48. The number of aryl methyl sites for hydroxylation is 1. The molecule has 4 rings (SSSR count). The standard InChI is InChI=1S/C16H20N4O3S2/c1-12-2-3-15(24-12)25(21,22)20-5-4-13-10-17-16(18-14(13)11-20)19-6-8-23-9-7-19/h2-3,10H,4-9,11H2,1H3. The minimum atomic E-state index is -3.46. The maximum atomic E-state index is 12.9. The molecule has 1 fully saturated rings. The van der Waals surface area contributed by atoms with E-state index in [4.69, 9.17) is 4.74 Å². The first-order chi connectivity index (χ1) is 12.0. The molecule has 0 unspecified atom stereocenters. The molecule has 0 aliphatic carbocycles. The van der Waals surface area contributed by atoms with Crippen molar-refractivity contribution in [2.24, 2.45) is 0 Å². The Labute approximate surface area is 151 Å². The van der Waals surface area contributed by atoms with Crippen molar-refractivity contribution in [2.75, 3.05) is 37.7 Å². The molecular weight excluding hydrogens is 360 g/mol. The van der Waals surface area contributed by atoms with Crippen molar-refractivity contribution in [3.05, 3.63) is 34.5 Å². The number of aromatic nitrogens is 2. The molecule has 0 amide bonds. The van der Waals surface area contributed by atoms with Crippen LogP contribution in [0.3, 0.4) is 0 Å². The zero-order valence-corrected chi connectivity index (χ0v) is 15.6. The lowest BCUT2D eigenvalue weighted by Crippen LogP contribution is -2.39. The van der Waals surface area contributed by atoms with Gasteiger partial charge < -0.3 is 9.64 Å². The van der Waals surface area contributed by atoms with E-state index < -0.39 is 10.0 Å². The minimum absolute atomic E-state index is 0.300. The first-order valence-corrected chi connectivity index (χ1v) is 10.5. The molecule has 0 saturated carbocycles. The number of hydrogen-bond acceptors (Lipinski definition) is 7. The fourth-order valence-corrected chi connectivity index (χ4v) is 5.91. The molecule has 0 atom stereocenters. The van der Waals surface area contributed by atoms with Crippen LogP contribution in [0, 0.1) is 6.92 Å². The molecule has 0 bridgehead atoms. The Hall–Kier alpha value is -1.55. The molecule has 1 saturated heterocycles. The van der Waals surface area contributed by atoms with Crippen molar-refractivity contribution in [2.45, 2.75) is 24.1 Å². The second-order valence-electron chi connectivity index (χ2n) is 6.20. The van der Waals surface area contributed by atoms with Gasteiger partial charge in [-0.2, -0.15) is 4.31 Å². The van der Waals surface area contributed by atoms with Crippen molar-refractivity contribution in [1.29, 1.82) is 0 Å². The molecule has 4 heterocycles. The number of fused-ring (bicyclic) bond motifs is 1. The van der Waals surface area contributed by atoms with Gasteiger partial charge in [-0.15, -0.1) is 11.3 Å². The van der Waals surface area contributed by atoms with E-state index in [0.717, 1.165) is 29.2 Å². The first-order valence-electron chi connectivity index (χ1n) is 8.28. The van der Waals surface area contributed by atoms with E-state index in [0.29, 0.717) is 42.9 Å². The van der Waals surface area contributed by atoms with Crippen LogP contribution in [0.4, 0.5) is 5.95 Å². The largest absolute Gasteiger partial charge is 0.378 e. The molecule has 0 aromatic carbocycles. The van der Waals surface area contributed by atoms with Crippen LogP contribution in [-0.2, 0) is 27.7 Å². The van der Waals surface area contributed by atoms with E-state index in [1.807, 2.05) is 19.2 Å². The summed E-state index contributed by atoms with van der Waals surface area (Å²) < 4.78 is 33.0. The van der Waals surface area contributed by atoms with Crippen LogP contribution in [0.2, 0.25) is 0 Å². The summed E-state index contributed by atoms with van der Waals surface area (Å²) >= 11 is 1.31. The Morgan fingerprint density at radius 1 is 1.20 bits per heavy atom. The van der Waals surface area contributed by atoms with Gasteiger partial charge >= 0.3 is 0 Å². The fourth-order valence-electron chi connectivity index (χ4n) is 3.07. The molecule has 2 aromatic rings. The lowest BCUT2D eigenvalue weighted by atomic mass is 10.1. The number of rotatable bonds is 3. The van der Waals surface area contributed by atoms with Crippen LogP contribution in [-0.4, -0.2) is 55.5 Å². The smallest absolute Gasteiger partial charge is 0.252 e. The highest BCUT2D eigenvalue weighted by atomic mass is 32.2. The predicted molar refractivity (Wildman–Crippen MR) is 95.4 cm³/mol. The quantitative estimate of drug-likeness (QED) is 0.802. The van der Waals surface area contributed by atoms with Crippen molar-refractivity contribution >= 4 is 27.3 Å². The first kappa shape index (κ1) is 16.9. The van der Waals surface area contributed by atoms with Gasteiger partial charge in [-0.25, -0.2) is 18.4 Å². The average Bonchev–Trinajstić information content (AvgIpc) is 3.09. The van der Waals surface area contributed by atoms with Crippen LogP contribution in [0.1, 0.15) is 16.1 Å². The maximum absolute atomic E-state index is 12.9. The molecule has 7 nitrogen and oxygen atoms in total. The van der Waals surface area contributed by atoms with E-state index in [1.165, 1.54) is 15.6 Å². The molecule has 0 radical (unpaired) electrons. The van der Waals surface area contributed by atoms with E-state index in [2.05, 4.69) is 14.9 Å². The molecule has 2 aliphatic heterocycles.